The van der Waals surface area contributed by atoms with E-state index in [0.717, 1.165) is 16.8 Å². The van der Waals surface area contributed by atoms with E-state index >= 15 is 0 Å². The van der Waals surface area contributed by atoms with E-state index in [2.05, 4.69) is 15.0 Å². The molecule has 0 bridgehead atoms. The Bertz CT molecular complexity index is 1070. The van der Waals surface area contributed by atoms with E-state index in [1.807, 2.05) is 0 Å². The minimum absolute atomic E-state index is 0.109. The summed E-state index contributed by atoms with van der Waals surface area (Å²) in [5, 5.41) is 0.492. The van der Waals surface area contributed by atoms with E-state index in [1.54, 1.807) is 42.6 Å². The molecule has 4 rings (SSSR count). The standard InChI is InChI=1S/C18H10ClF3N4/c19-13-5-3-11(4-6-13)14-8-15(18(20,21)22)26-10-24-16(17(26)25-14)12-2-1-7-23-9-12/h1-10H. The number of fused-ring (bicyclic) bond motifs is 1. The molecule has 0 aliphatic heterocycles. The molecule has 0 unspecified atom stereocenters. The first-order chi connectivity index (χ1) is 12.4. The van der Waals surface area contributed by atoms with Gasteiger partial charge >= 0.3 is 6.18 Å². The van der Waals surface area contributed by atoms with Gasteiger partial charge in [-0.15, -0.1) is 0 Å². The molecule has 130 valence electrons. The highest BCUT2D eigenvalue weighted by Gasteiger charge is 2.35. The van der Waals surface area contributed by atoms with Crippen LogP contribution >= 0.6 is 11.6 Å². The van der Waals surface area contributed by atoms with Crippen LogP contribution in [0.25, 0.3) is 28.2 Å². The van der Waals surface area contributed by atoms with Gasteiger partial charge in [-0.3, -0.25) is 9.38 Å². The number of alkyl halides is 3. The Hall–Kier alpha value is -2.93. The fourth-order valence-electron chi connectivity index (χ4n) is 2.66. The zero-order valence-electron chi connectivity index (χ0n) is 13.1. The number of benzene rings is 1. The summed E-state index contributed by atoms with van der Waals surface area (Å²) in [4.78, 5) is 12.5. The predicted molar refractivity (Wildman–Crippen MR) is 91.7 cm³/mol. The topological polar surface area (TPSA) is 43.1 Å². The van der Waals surface area contributed by atoms with E-state index in [9.17, 15) is 13.2 Å². The maximum absolute atomic E-state index is 13.6. The number of rotatable bonds is 2. The van der Waals surface area contributed by atoms with Crippen LogP contribution in [-0.2, 0) is 6.18 Å². The number of pyridine rings is 1. The first kappa shape index (κ1) is 16.5. The molecular weight excluding hydrogens is 365 g/mol. The molecular formula is C18H10ClF3N4. The van der Waals surface area contributed by atoms with Gasteiger partial charge in [0.25, 0.3) is 0 Å². The van der Waals surface area contributed by atoms with Crippen LogP contribution in [0.1, 0.15) is 5.69 Å². The summed E-state index contributed by atoms with van der Waals surface area (Å²) in [6.45, 7) is 0. The van der Waals surface area contributed by atoms with Gasteiger partial charge in [0.05, 0.1) is 5.69 Å². The third kappa shape index (κ3) is 2.90. The summed E-state index contributed by atoms with van der Waals surface area (Å²) in [5.41, 5.74) is 0.893. The highest BCUT2D eigenvalue weighted by atomic mass is 35.5. The van der Waals surface area contributed by atoms with Crippen LogP contribution in [-0.4, -0.2) is 19.4 Å². The molecule has 1 aromatic carbocycles. The van der Waals surface area contributed by atoms with E-state index in [0.29, 0.717) is 21.8 Å². The summed E-state index contributed by atoms with van der Waals surface area (Å²) < 4.78 is 41.7. The second-order valence-corrected chi connectivity index (χ2v) is 6.00. The van der Waals surface area contributed by atoms with Gasteiger partial charge in [-0.2, -0.15) is 13.2 Å². The molecule has 0 atom stereocenters. The molecule has 4 nitrogen and oxygen atoms in total. The highest BCUT2D eigenvalue weighted by molar-refractivity contribution is 6.30. The third-order valence-corrected chi connectivity index (χ3v) is 4.12. The monoisotopic (exact) mass is 374 g/mol. The molecule has 3 aromatic heterocycles. The third-order valence-electron chi connectivity index (χ3n) is 3.87. The molecule has 0 saturated carbocycles. The Labute approximate surface area is 150 Å². The van der Waals surface area contributed by atoms with E-state index in [4.69, 9.17) is 11.6 Å². The summed E-state index contributed by atoms with van der Waals surface area (Å²) in [7, 11) is 0. The molecule has 0 amide bonds. The van der Waals surface area contributed by atoms with Crippen molar-refractivity contribution < 1.29 is 13.2 Å². The quantitative estimate of drug-likeness (QED) is 0.488. The van der Waals surface area contributed by atoms with E-state index in [-0.39, 0.29) is 11.3 Å². The minimum Gasteiger partial charge on any atom is -0.278 e. The highest BCUT2D eigenvalue weighted by Crippen LogP contribution is 2.34. The Balaban J connectivity index is 2.01. The van der Waals surface area contributed by atoms with Crippen molar-refractivity contribution in [2.24, 2.45) is 0 Å². The van der Waals surface area contributed by atoms with Crippen LogP contribution in [0.5, 0.6) is 0 Å². The van der Waals surface area contributed by atoms with Crippen LogP contribution < -0.4 is 0 Å². The van der Waals surface area contributed by atoms with Crippen molar-refractivity contribution in [2.45, 2.75) is 6.18 Å². The fraction of sp³-hybridized carbons (Fsp3) is 0.0556. The maximum Gasteiger partial charge on any atom is 0.431 e. The van der Waals surface area contributed by atoms with E-state index < -0.39 is 11.9 Å². The second-order valence-electron chi connectivity index (χ2n) is 5.56. The summed E-state index contributed by atoms with van der Waals surface area (Å²) in [5.74, 6) is 0. The molecule has 4 aromatic rings. The molecule has 0 spiro atoms. The zero-order valence-corrected chi connectivity index (χ0v) is 13.8. The van der Waals surface area contributed by atoms with Gasteiger partial charge in [-0.25, -0.2) is 9.97 Å². The van der Waals surface area contributed by atoms with Gasteiger partial charge in [0.15, 0.2) is 5.65 Å². The summed E-state index contributed by atoms with van der Waals surface area (Å²) in [6, 6.07) is 10.9. The molecule has 0 aliphatic carbocycles. The second kappa shape index (κ2) is 6.10. The van der Waals surface area contributed by atoms with Crippen molar-refractivity contribution in [3.05, 3.63) is 71.9 Å². The normalized spacial score (nSPS) is 11.8. The molecule has 0 N–H and O–H groups in total. The first-order valence-corrected chi connectivity index (χ1v) is 7.93. The number of hydrogen-bond donors (Lipinski definition) is 0. The van der Waals surface area contributed by atoms with Crippen molar-refractivity contribution in [2.75, 3.05) is 0 Å². The lowest BCUT2D eigenvalue weighted by Gasteiger charge is -2.12. The Morgan fingerprint density at radius 2 is 1.77 bits per heavy atom. The number of imidazole rings is 1. The number of hydrogen-bond acceptors (Lipinski definition) is 3. The molecule has 0 radical (unpaired) electrons. The molecule has 0 fully saturated rings. The zero-order chi connectivity index (χ0) is 18.3. The van der Waals surface area contributed by atoms with Gasteiger partial charge in [-0.1, -0.05) is 23.7 Å². The van der Waals surface area contributed by atoms with Crippen molar-refractivity contribution in [3.8, 4) is 22.5 Å². The predicted octanol–water partition coefficient (Wildman–Crippen LogP) is 5.13. The first-order valence-electron chi connectivity index (χ1n) is 7.55. The lowest BCUT2D eigenvalue weighted by atomic mass is 10.1. The van der Waals surface area contributed by atoms with Crippen molar-refractivity contribution in [3.63, 3.8) is 0 Å². The van der Waals surface area contributed by atoms with E-state index in [1.165, 1.54) is 6.20 Å². The average Bonchev–Trinajstić information content (AvgIpc) is 3.05. The average molecular weight is 375 g/mol. The molecule has 0 aliphatic rings. The van der Waals surface area contributed by atoms with Crippen molar-refractivity contribution >= 4 is 17.2 Å². The smallest absolute Gasteiger partial charge is 0.278 e. The molecule has 3 heterocycles. The van der Waals surface area contributed by atoms with Crippen LogP contribution in [0.15, 0.2) is 61.2 Å². The fourth-order valence-corrected chi connectivity index (χ4v) is 2.79. The Morgan fingerprint density at radius 1 is 1.00 bits per heavy atom. The van der Waals surface area contributed by atoms with Gasteiger partial charge in [0.1, 0.15) is 17.7 Å². The van der Waals surface area contributed by atoms with Crippen LogP contribution in [0, 0.1) is 0 Å². The van der Waals surface area contributed by atoms with Crippen molar-refractivity contribution in [1.29, 1.82) is 0 Å². The van der Waals surface area contributed by atoms with Gasteiger partial charge < -0.3 is 0 Å². The number of aromatic nitrogens is 4. The Kier molecular flexibility index (Phi) is 3.88. The Morgan fingerprint density at radius 3 is 2.42 bits per heavy atom. The van der Waals surface area contributed by atoms with Gasteiger partial charge in [-0.05, 0) is 30.3 Å². The van der Waals surface area contributed by atoms with Crippen molar-refractivity contribution in [1.82, 2.24) is 19.4 Å². The maximum atomic E-state index is 13.6. The summed E-state index contributed by atoms with van der Waals surface area (Å²) in [6.07, 6.45) is -0.323. The van der Waals surface area contributed by atoms with Gasteiger partial charge in [0.2, 0.25) is 0 Å². The van der Waals surface area contributed by atoms with Gasteiger partial charge in [0, 0.05) is 28.5 Å². The SMILES string of the molecule is FC(F)(F)c1cc(-c2ccc(Cl)cc2)nc2c(-c3cccnc3)ncn12. The van der Waals surface area contributed by atoms with Crippen LogP contribution in [0.2, 0.25) is 5.02 Å². The molecule has 8 heteroatoms. The molecule has 26 heavy (non-hydrogen) atoms. The number of nitrogens with zero attached hydrogens (tertiary/aromatic N) is 4. The number of halogens is 4. The lowest BCUT2D eigenvalue weighted by Crippen LogP contribution is -2.12. The van der Waals surface area contributed by atoms with Crippen LogP contribution in [0.4, 0.5) is 13.2 Å². The minimum atomic E-state index is -4.56. The lowest BCUT2D eigenvalue weighted by molar-refractivity contribution is -0.142. The summed E-state index contributed by atoms with van der Waals surface area (Å²) >= 11 is 5.86. The largest absolute Gasteiger partial charge is 0.431 e. The van der Waals surface area contributed by atoms with Crippen LogP contribution in [0.3, 0.4) is 0 Å². The molecule has 0 saturated heterocycles.